The number of aliphatic hydroxyl groups is 2. The van der Waals surface area contributed by atoms with Crippen LogP contribution in [0.4, 0.5) is 4.79 Å². The molecule has 1 aromatic carbocycles. The zero-order chi connectivity index (χ0) is 18.6. The van der Waals surface area contributed by atoms with Crippen molar-refractivity contribution in [2.24, 2.45) is 0 Å². The number of ether oxygens (including phenoxy) is 1. The molecule has 7 nitrogen and oxygen atoms in total. The van der Waals surface area contributed by atoms with Gasteiger partial charge < -0.3 is 19.8 Å². The van der Waals surface area contributed by atoms with E-state index in [-0.39, 0.29) is 13.2 Å². The molecule has 2 rings (SSSR count). The first-order valence-corrected chi connectivity index (χ1v) is 8.39. The maximum atomic E-state index is 12.1. The van der Waals surface area contributed by atoms with Crippen LogP contribution in [0.5, 0.6) is 0 Å². The van der Waals surface area contributed by atoms with E-state index in [4.69, 9.17) is 9.84 Å². The molecule has 0 saturated heterocycles. The van der Waals surface area contributed by atoms with Crippen molar-refractivity contribution < 1.29 is 19.7 Å². The third kappa shape index (κ3) is 4.29. The molecule has 0 aliphatic heterocycles. The van der Waals surface area contributed by atoms with Crippen LogP contribution in [0.1, 0.15) is 39.0 Å². The van der Waals surface area contributed by atoms with Gasteiger partial charge in [0, 0.05) is 24.1 Å². The van der Waals surface area contributed by atoms with Gasteiger partial charge in [-0.2, -0.15) is 5.10 Å². The molecule has 1 unspecified atom stereocenters. The van der Waals surface area contributed by atoms with Gasteiger partial charge in [-0.25, -0.2) is 4.79 Å². The van der Waals surface area contributed by atoms with Gasteiger partial charge in [0.05, 0.1) is 24.9 Å². The maximum Gasteiger partial charge on any atom is 0.410 e. The van der Waals surface area contributed by atoms with Gasteiger partial charge in [-0.3, -0.25) is 4.68 Å². The van der Waals surface area contributed by atoms with E-state index in [1.807, 2.05) is 45.0 Å². The number of benzene rings is 1. The highest BCUT2D eigenvalue weighted by molar-refractivity contribution is 5.82. The first-order valence-electron chi connectivity index (χ1n) is 8.39. The predicted molar refractivity (Wildman–Crippen MR) is 95.3 cm³/mol. The summed E-state index contributed by atoms with van der Waals surface area (Å²) in [7, 11) is 1.33. The van der Waals surface area contributed by atoms with E-state index in [9.17, 15) is 9.90 Å². The van der Waals surface area contributed by atoms with Crippen molar-refractivity contribution in [2.75, 3.05) is 20.3 Å². The van der Waals surface area contributed by atoms with Crippen LogP contribution in [-0.4, -0.2) is 56.8 Å². The smallest absolute Gasteiger partial charge is 0.410 e. The first kappa shape index (κ1) is 19.2. The second-order valence-electron chi connectivity index (χ2n) is 6.97. The van der Waals surface area contributed by atoms with Crippen molar-refractivity contribution in [3.05, 3.63) is 30.0 Å². The molecule has 0 radical (unpaired) electrons. The van der Waals surface area contributed by atoms with Crippen molar-refractivity contribution >= 4 is 17.0 Å². The lowest BCUT2D eigenvalue weighted by Gasteiger charge is -2.35. The number of amides is 1. The predicted octanol–water partition coefficient (Wildman–Crippen LogP) is 2.32. The van der Waals surface area contributed by atoms with Crippen LogP contribution in [0, 0.1) is 0 Å². The van der Waals surface area contributed by atoms with E-state index >= 15 is 0 Å². The molecule has 0 spiro atoms. The summed E-state index contributed by atoms with van der Waals surface area (Å²) in [5, 5.41) is 25.4. The van der Waals surface area contributed by atoms with Gasteiger partial charge in [-0.1, -0.05) is 18.2 Å². The van der Waals surface area contributed by atoms with E-state index in [0.29, 0.717) is 18.7 Å². The Bertz CT molecular complexity index is 721. The summed E-state index contributed by atoms with van der Waals surface area (Å²) in [5.74, 6) is 0. The van der Waals surface area contributed by atoms with Crippen LogP contribution in [-0.2, 0) is 11.3 Å². The highest BCUT2D eigenvalue weighted by Crippen LogP contribution is 2.27. The Labute approximate surface area is 147 Å². The van der Waals surface area contributed by atoms with Crippen LogP contribution in [0.2, 0.25) is 0 Å². The van der Waals surface area contributed by atoms with Gasteiger partial charge in [0.25, 0.3) is 0 Å². The number of hydrogen-bond donors (Lipinski definition) is 2. The zero-order valence-electron chi connectivity index (χ0n) is 15.3. The zero-order valence-corrected chi connectivity index (χ0v) is 15.3. The van der Waals surface area contributed by atoms with Crippen molar-refractivity contribution in [3.8, 4) is 0 Å². The second-order valence-corrected chi connectivity index (χ2v) is 6.97. The minimum Gasteiger partial charge on any atom is -0.453 e. The standard InChI is InChI=1S/C18H27N3O4/c1-18(2,3)20(17(24)25-4)12-15(23)16-13-8-5-6-9-14(13)19-21(16)10-7-11-22/h5-6,8-9,15,22-23H,7,10-12H2,1-4H3. The molecule has 0 saturated carbocycles. The fourth-order valence-corrected chi connectivity index (χ4v) is 2.83. The number of nitrogens with zero attached hydrogens (tertiary/aromatic N) is 3. The minimum absolute atomic E-state index is 0.0437. The van der Waals surface area contributed by atoms with Gasteiger partial charge in [-0.15, -0.1) is 0 Å². The molecule has 1 heterocycles. The van der Waals surface area contributed by atoms with Crippen LogP contribution in [0.25, 0.3) is 10.9 Å². The number of rotatable bonds is 6. The number of β-amino-alcohol motifs (C(OH)–C–C–N with tert-alkyl or cyclic N) is 1. The van der Waals surface area contributed by atoms with Crippen LogP contribution >= 0.6 is 0 Å². The lowest BCUT2D eigenvalue weighted by atomic mass is 10.0. The Hall–Kier alpha value is -2.12. The normalized spacial score (nSPS) is 13.0. The number of fused-ring (bicyclic) bond motifs is 1. The molecule has 25 heavy (non-hydrogen) atoms. The second kappa shape index (κ2) is 7.84. The van der Waals surface area contributed by atoms with E-state index in [0.717, 1.165) is 10.9 Å². The quantitative estimate of drug-likeness (QED) is 0.836. The topological polar surface area (TPSA) is 87.8 Å². The molecular weight excluding hydrogens is 322 g/mol. The molecular formula is C18H27N3O4. The number of methoxy groups -OCH3 is 1. The van der Waals surface area contributed by atoms with Gasteiger partial charge in [-0.05, 0) is 33.3 Å². The minimum atomic E-state index is -0.926. The first-order chi connectivity index (χ1) is 11.8. The van der Waals surface area contributed by atoms with Crippen molar-refractivity contribution in [1.29, 1.82) is 0 Å². The average molecular weight is 349 g/mol. The summed E-state index contributed by atoms with van der Waals surface area (Å²) >= 11 is 0. The number of aryl methyl sites for hydroxylation is 1. The largest absolute Gasteiger partial charge is 0.453 e. The maximum absolute atomic E-state index is 12.1. The molecule has 1 amide bonds. The fraction of sp³-hybridized carbons (Fsp3) is 0.556. The molecule has 7 heteroatoms. The van der Waals surface area contributed by atoms with E-state index in [2.05, 4.69) is 5.10 Å². The SMILES string of the molecule is COC(=O)N(CC(O)c1c2ccccc2nn1CCCO)C(C)(C)C. The van der Waals surface area contributed by atoms with E-state index in [1.54, 1.807) is 4.68 Å². The third-order valence-corrected chi connectivity index (χ3v) is 4.09. The Balaban J connectivity index is 2.39. The Morgan fingerprint density at radius 3 is 2.64 bits per heavy atom. The molecule has 2 N–H and O–H groups in total. The summed E-state index contributed by atoms with van der Waals surface area (Å²) in [4.78, 5) is 13.6. The van der Waals surface area contributed by atoms with Gasteiger partial charge in [0.2, 0.25) is 0 Å². The number of carbonyl (C=O) groups excluding carboxylic acids is 1. The molecule has 0 aliphatic carbocycles. The van der Waals surface area contributed by atoms with Crippen LogP contribution in [0.3, 0.4) is 0 Å². The highest BCUT2D eigenvalue weighted by Gasteiger charge is 2.31. The van der Waals surface area contributed by atoms with E-state index < -0.39 is 17.7 Å². The fourth-order valence-electron chi connectivity index (χ4n) is 2.83. The Morgan fingerprint density at radius 1 is 1.36 bits per heavy atom. The van der Waals surface area contributed by atoms with Crippen molar-refractivity contribution in [2.45, 2.75) is 45.4 Å². The lowest BCUT2D eigenvalue weighted by Crippen LogP contribution is -2.47. The number of hydrogen-bond acceptors (Lipinski definition) is 5. The van der Waals surface area contributed by atoms with Gasteiger partial charge >= 0.3 is 6.09 Å². The van der Waals surface area contributed by atoms with Crippen molar-refractivity contribution in [3.63, 3.8) is 0 Å². The Morgan fingerprint density at radius 2 is 2.04 bits per heavy atom. The monoisotopic (exact) mass is 349 g/mol. The van der Waals surface area contributed by atoms with Crippen LogP contribution in [0.15, 0.2) is 24.3 Å². The molecule has 1 aromatic heterocycles. The average Bonchev–Trinajstić information content (AvgIpc) is 2.94. The highest BCUT2D eigenvalue weighted by atomic mass is 16.5. The number of carbonyl (C=O) groups is 1. The Kier molecular flexibility index (Phi) is 6.02. The summed E-state index contributed by atoms with van der Waals surface area (Å²) in [6.07, 6.45) is -0.880. The van der Waals surface area contributed by atoms with Gasteiger partial charge in [0.1, 0.15) is 6.10 Å². The molecule has 0 fully saturated rings. The van der Waals surface area contributed by atoms with Gasteiger partial charge in [0.15, 0.2) is 0 Å². The molecule has 1 atom stereocenters. The third-order valence-electron chi connectivity index (χ3n) is 4.09. The van der Waals surface area contributed by atoms with E-state index in [1.165, 1.54) is 12.0 Å². The number of aliphatic hydroxyl groups excluding tert-OH is 2. The summed E-state index contributed by atoms with van der Waals surface area (Å²) in [5.41, 5.74) is 0.914. The molecule has 2 aromatic rings. The molecule has 138 valence electrons. The van der Waals surface area contributed by atoms with Crippen LogP contribution < -0.4 is 0 Å². The summed E-state index contributed by atoms with van der Waals surface area (Å²) < 4.78 is 6.57. The molecule has 0 bridgehead atoms. The lowest BCUT2D eigenvalue weighted by molar-refractivity contribution is 0.0437. The molecule has 0 aliphatic rings. The number of aromatic nitrogens is 2. The summed E-state index contributed by atoms with van der Waals surface area (Å²) in [6.45, 7) is 6.28. The van der Waals surface area contributed by atoms with Crippen molar-refractivity contribution in [1.82, 2.24) is 14.7 Å². The summed E-state index contributed by atoms with van der Waals surface area (Å²) in [6, 6.07) is 7.55.